The summed E-state index contributed by atoms with van der Waals surface area (Å²) in [6.07, 6.45) is 3.83. The number of hydrogen-bond donors (Lipinski definition) is 2. The van der Waals surface area contributed by atoms with E-state index in [1.807, 2.05) is 0 Å². The van der Waals surface area contributed by atoms with Gasteiger partial charge in [0.15, 0.2) is 0 Å². The van der Waals surface area contributed by atoms with E-state index < -0.39 is 0 Å². The summed E-state index contributed by atoms with van der Waals surface area (Å²) in [6, 6.07) is 8.95. The van der Waals surface area contributed by atoms with Crippen molar-refractivity contribution in [1.82, 2.24) is 10.6 Å². The molecule has 2 nitrogen and oxygen atoms in total. The second-order valence-corrected chi connectivity index (χ2v) is 5.01. The molecule has 0 bridgehead atoms. The van der Waals surface area contributed by atoms with E-state index in [9.17, 15) is 0 Å². The van der Waals surface area contributed by atoms with Gasteiger partial charge in [-0.1, -0.05) is 31.2 Å². The molecule has 94 valence electrons. The van der Waals surface area contributed by atoms with E-state index in [0.29, 0.717) is 0 Å². The molecule has 17 heavy (non-hydrogen) atoms. The lowest BCUT2D eigenvalue weighted by atomic mass is 10.00. The number of piperidine rings is 1. The third-order valence-electron chi connectivity index (χ3n) is 3.59. The van der Waals surface area contributed by atoms with Gasteiger partial charge in [-0.05, 0) is 55.9 Å². The van der Waals surface area contributed by atoms with Gasteiger partial charge in [0.25, 0.3) is 0 Å². The standard InChI is InChI=1S/C15H24N2/c1-2-13-5-7-14(8-6-13)10-17-12-15-4-3-9-16-11-15/h5-8,15-17H,2-4,9-12H2,1H3. The largest absolute Gasteiger partial charge is 0.316 e. The Labute approximate surface area is 105 Å². The maximum atomic E-state index is 3.57. The smallest absolute Gasteiger partial charge is 0.0205 e. The summed E-state index contributed by atoms with van der Waals surface area (Å²) < 4.78 is 0. The van der Waals surface area contributed by atoms with E-state index in [1.165, 1.54) is 37.1 Å². The zero-order valence-electron chi connectivity index (χ0n) is 10.8. The SMILES string of the molecule is CCc1ccc(CNCC2CCCNC2)cc1. The van der Waals surface area contributed by atoms with Crippen LogP contribution in [-0.2, 0) is 13.0 Å². The average Bonchev–Trinajstić information content (AvgIpc) is 2.41. The molecule has 1 aromatic rings. The van der Waals surface area contributed by atoms with Gasteiger partial charge in [0.05, 0.1) is 0 Å². The van der Waals surface area contributed by atoms with Gasteiger partial charge in [-0.2, -0.15) is 0 Å². The summed E-state index contributed by atoms with van der Waals surface area (Å²) >= 11 is 0. The summed E-state index contributed by atoms with van der Waals surface area (Å²) in [6.45, 7) is 6.73. The molecule has 0 saturated carbocycles. The molecule has 2 N–H and O–H groups in total. The van der Waals surface area contributed by atoms with Crippen molar-refractivity contribution in [3.8, 4) is 0 Å². The van der Waals surface area contributed by atoms with Crippen LogP contribution < -0.4 is 10.6 Å². The number of benzene rings is 1. The topological polar surface area (TPSA) is 24.1 Å². The molecule has 1 aliphatic rings. The first-order valence-electron chi connectivity index (χ1n) is 6.87. The van der Waals surface area contributed by atoms with Gasteiger partial charge in [-0.25, -0.2) is 0 Å². The average molecular weight is 232 g/mol. The van der Waals surface area contributed by atoms with Crippen LogP contribution >= 0.6 is 0 Å². The number of hydrogen-bond acceptors (Lipinski definition) is 2. The van der Waals surface area contributed by atoms with Crippen LogP contribution in [0.15, 0.2) is 24.3 Å². The lowest BCUT2D eigenvalue weighted by Gasteiger charge is -2.23. The maximum absolute atomic E-state index is 3.57. The lowest BCUT2D eigenvalue weighted by Crippen LogP contribution is -2.35. The molecule has 1 unspecified atom stereocenters. The van der Waals surface area contributed by atoms with Crippen LogP contribution in [-0.4, -0.2) is 19.6 Å². The van der Waals surface area contributed by atoms with Crippen molar-refractivity contribution in [2.75, 3.05) is 19.6 Å². The molecule has 0 aromatic heterocycles. The van der Waals surface area contributed by atoms with E-state index in [0.717, 1.165) is 25.4 Å². The van der Waals surface area contributed by atoms with Crippen molar-refractivity contribution in [3.05, 3.63) is 35.4 Å². The fraction of sp³-hybridized carbons (Fsp3) is 0.600. The normalized spacial score (nSPS) is 20.4. The van der Waals surface area contributed by atoms with Crippen LogP contribution in [0.5, 0.6) is 0 Å². The Bertz CT molecular complexity index is 312. The molecule has 0 spiro atoms. The van der Waals surface area contributed by atoms with Gasteiger partial charge in [0.2, 0.25) is 0 Å². The monoisotopic (exact) mass is 232 g/mol. The Morgan fingerprint density at radius 1 is 1.24 bits per heavy atom. The number of rotatable bonds is 5. The molecule has 0 aliphatic carbocycles. The summed E-state index contributed by atoms with van der Waals surface area (Å²) in [5.74, 6) is 0.818. The second kappa shape index (κ2) is 6.77. The third kappa shape index (κ3) is 4.14. The molecule has 2 rings (SSSR count). The molecule has 1 aromatic carbocycles. The zero-order valence-corrected chi connectivity index (χ0v) is 10.8. The van der Waals surface area contributed by atoms with Crippen molar-refractivity contribution in [2.45, 2.75) is 32.7 Å². The van der Waals surface area contributed by atoms with Crippen LogP contribution in [0.2, 0.25) is 0 Å². The molecule has 1 aliphatic heterocycles. The zero-order chi connectivity index (χ0) is 11.9. The van der Waals surface area contributed by atoms with Crippen LogP contribution in [0.3, 0.4) is 0 Å². The fourth-order valence-electron chi connectivity index (χ4n) is 2.41. The van der Waals surface area contributed by atoms with Crippen LogP contribution in [0.4, 0.5) is 0 Å². The number of aryl methyl sites for hydroxylation is 1. The molecule has 1 saturated heterocycles. The fourth-order valence-corrected chi connectivity index (χ4v) is 2.41. The number of nitrogens with one attached hydrogen (secondary N) is 2. The molecular formula is C15H24N2. The highest BCUT2D eigenvalue weighted by molar-refractivity contribution is 5.22. The van der Waals surface area contributed by atoms with Gasteiger partial charge >= 0.3 is 0 Å². The van der Waals surface area contributed by atoms with E-state index in [2.05, 4.69) is 41.8 Å². The highest BCUT2D eigenvalue weighted by atomic mass is 14.9. The third-order valence-corrected chi connectivity index (χ3v) is 3.59. The molecular weight excluding hydrogens is 208 g/mol. The first-order valence-corrected chi connectivity index (χ1v) is 6.87. The lowest BCUT2D eigenvalue weighted by molar-refractivity contribution is 0.360. The van der Waals surface area contributed by atoms with Crippen LogP contribution in [0, 0.1) is 5.92 Å². The van der Waals surface area contributed by atoms with E-state index in [4.69, 9.17) is 0 Å². The Morgan fingerprint density at radius 3 is 2.65 bits per heavy atom. The highest BCUT2D eigenvalue weighted by Crippen LogP contribution is 2.09. The first-order chi connectivity index (χ1) is 8.38. The molecule has 1 fully saturated rings. The van der Waals surface area contributed by atoms with E-state index in [1.54, 1.807) is 0 Å². The van der Waals surface area contributed by atoms with E-state index >= 15 is 0 Å². The second-order valence-electron chi connectivity index (χ2n) is 5.01. The van der Waals surface area contributed by atoms with E-state index in [-0.39, 0.29) is 0 Å². The Balaban J connectivity index is 1.69. The minimum Gasteiger partial charge on any atom is -0.316 e. The Hall–Kier alpha value is -0.860. The summed E-state index contributed by atoms with van der Waals surface area (Å²) in [5.41, 5.74) is 2.82. The first kappa shape index (κ1) is 12.6. The predicted octanol–water partition coefficient (Wildman–Crippen LogP) is 2.34. The van der Waals surface area contributed by atoms with Gasteiger partial charge in [-0.15, -0.1) is 0 Å². The predicted molar refractivity (Wildman–Crippen MR) is 73.1 cm³/mol. The summed E-state index contributed by atoms with van der Waals surface area (Å²) in [7, 11) is 0. The summed E-state index contributed by atoms with van der Waals surface area (Å²) in [5, 5.41) is 7.03. The van der Waals surface area contributed by atoms with Crippen molar-refractivity contribution >= 4 is 0 Å². The molecule has 0 amide bonds. The highest BCUT2D eigenvalue weighted by Gasteiger charge is 2.11. The Kier molecular flexibility index (Phi) is 5.02. The van der Waals surface area contributed by atoms with Gasteiger partial charge in [0, 0.05) is 6.54 Å². The van der Waals surface area contributed by atoms with Gasteiger partial charge in [-0.3, -0.25) is 0 Å². The minimum absolute atomic E-state index is 0.818. The minimum atomic E-state index is 0.818. The van der Waals surface area contributed by atoms with Crippen LogP contribution in [0.25, 0.3) is 0 Å². The van der Waals surface area contributed by atoms with Gasteiger partial charge < -0.3 is 10.6 Å². The molecule has 1 atom stereocenters. The van der Waals surface area contributed by atoms with Gasteiger partial charge in [0.1, 0.15) is 0 Å². The van der Waals surface area contributed by atoms with Crippen LogP contribution in [0.1, 0.15) is 30.9 Å². The maximum Gasteiger partial charge on any atom is 0.0205 e. The molecule has 1 heterocycles. The molecule has 0 radical (unpaired) electrons. The summed E-state index contributed by atoms with van der Waals surface area (Å²) in [4.78, 5) is 0. The quantitative estimate of drug-likeness (QED) is 0.814. The van der Waals surface area contributed by atoms with Crippen molar-refractivity contribution < 1.29 is 0 Å². The molecule has 2 heteroatoms. The van der Waals surface area contributed by atoms with Crippen molar-refractivity contribution in [1.29, 1.82) is 0 Å². The van der Waals surface area contributed by atoms with Crippen molar-refractivity contribution in [2.24, 2.45) is 5.92 Å². The Morgan fingerprint density at radius 2 is 2.00 bits per heavy atom. The van der Waals surface area contributed by atoms with Crippen molar-refractivity contribution in [3.63, 3.8) is 0 Å².